The SMILES string of the molecule is C[Si](C)(C)OC[C@@H](O[Si](C)(C)C)[C@H](C[C@H](O[Si](C)(C)C)C(=O)O[Si](C)(C)C)O[Si](C)(C)C. The third kappa shape index (κ3) is 17.8. The Morgan fingerprint density at radius 1 is 0.562 bits per heavy atom. The molecule has 0 saturated carbocycles. The Labute approximate surface area is 203 Å². The summed E-state index contributed by atoms with van der Waals surface area (Å²) < 4.78 is 31.8. The quantitative estimate of drug-likeness (QED) is 0.242. The smallest absolute Gasteiger partial charge is 0.320 e. The first-order valence-electron chi connectivity index (χ1n) is 11.8. The van der Waals surface area contributed by atoms with Crippen LogP contribution in [0, 0.1) is 0 Å². The summed E-state index contributed by atoms with van der Waals surface area (Å²) in [6.45, 7) is 32.4. The first-order chi connectivity index (χ1) is 13.9. The predicted octanol–water partition coefficient (Wildman–Crippen LogP) is 6.27. The van der Waals surface area contributed by atoms with Crippen LogP contribution in [0.15, 0.2) is 0 Å². The fourth-order valence-electron chi connectivity index (χ4n) is 2.93. The van der Waals surface area contributed by atoms with E-state index in [1.807, 2.05) is 19.6 Å². The molecule has 0 N–H and O–H groups in total. The van der Waals surface area contributed by atoms with E-state index in [1.165, 1.54) is 0 Å². The van der Waals surface area contributed by atoms with E-state index in [-0.39, 0.29) is 18.2 Å². The minimum absolute atomic E-state index is 0.243. The van der Waals surface area contributed by atoms with Crippen LogP contribution in [0.25, 0.3) is 0 Å². The molecule has 3 atom stereocenters. The fourth-order valence-corrected chi connectivity index (χ4v) is 7.66. The van der Waals surface area contributed by atoms with Gasteiger partial charge in [0.1, 0.15) is 6.10 Å². The molecule has 0 aliphatic carbocycles. The highest BCUT2D eigenvalue weighted by molar-refractivity contribution is 6.72. The summed E-state index contributed by atoms with van der Waals surface area (Å²) in [6.07, 6.45) is -0.774. The zero-order chi connectivity index (χ0) is 25.8. The van der Waals surface area contributed by atoms with E-state index in [4.69, 9.17) is 22.1 Å². The Kier molecular flexibility index (Phi) is 12.0. The van der Waals surface area contributed by atoms with Crippen LogP contribution in [0.2, 0.25) is 98.2 Å². The van der Waals surface area contributed by atoms with E-state index in [2.05, 4.69) is 78.6 Å². The third-order valence-electron chi connectivity index (χ3n) is 3.72. The van der Waals surface area contributed by atoms with Gasteiger partial charge in [-0.1, -0.05) is 0 Å². The molecule has 0 fully saturated rings. The summed E-state index contributed by atoms with van der Waals surface area (Å²) in [4.78, 5) is 13.2. The van der Waals surface area contributed by atoms with Crippen molar-refractivity contribution in [2.24, 2.45) is 0 Å². The van der Waals surface area contributed by atoms with E-state index >= 15 is 0 Å². The zero-order valence-electron chi connectivity index (χ0n) is 23.6. The highest BCUT2D eigenvalue weighted by Crippen LogP contribution is 2.25. The van der Waals surface area contributed by atoms with E-state index in [1.54, 1.807) is 0 Å². The summed E-state index contributed by atoms with van der Waals surface area (Å²) in [5.74, 6) is -0.270. The van der Waals surface area contributed by atoms with E-state index in [0.29, 0.717) is 13.0 Å². The fraction of sp³-hybridized carbons (Fsp3) is 0.952. The number of hydrogen-bond acceptors (Lipinski definition) is 6. The van der Waals surface area contributed by atoms with Gasteiger partial charge in [0.05, 0.1) is 18.8 Å². The van der Waals surface area contributed by atoms with Crippen LogP contribution >= 0.6 is 0 Å². The summed E-state index contributed by atoms with van der Waals surface area (Å²) in [6, 6.07) is 0. The third-order valence-corrected chi connectivity index (χ3v) is 8.57. The number of carbonyl (C=O) groups is 1. The first kappa shape index (κ1) is 32.4. The maximum absolute atomic E-state index is 13.2. The lowest BCUT2D eigenvalue weighted by atomic mass is 10.1. The largest absolute Gasteiger partial charge is 0.518 e. The van der Waals surface area contributed by atoms with Gasteiger partial charge in [-0.2, -0.15) is 0 Å². The van der Waals surface area contributed by atoms with Crippen molar-refractivity contribution in [3.63, 3.8) is 0 Å². The maximum atomic E-state index is 13.2. The van der Waals surface area contributed by atoms with Gasteiger partial charge in [0.25, 0.3) is 0 Å². The second kappa shape index (κ2) is 11.9. The molecule has 0 aromatic rings. The molecule has 0 saturated heterocycles. The van der Waals surface area contributed by atoms with Crippen molar-refractivity contribution in [2.75, 3.05) is 6.61 Å². The van der Waals surface area contributed by atoms with E-state index < -0.39 is 47.7 Å². The Balaban J connectivity index is 6.07. The van der Waals surface area contributed by atoms with Crippen molar-refractivity contribution in [3.8, 4) is 0 Å². The van der Waals surface area contributed by atoms with E-state index in [9.17, 15) is 4.79 Å². The standard InChI is InChI=1S/C21H52O6Si5/c1-28(2,3)23-17-20(26-31(10,11)12)18(24-29(4,5)6)16-19(25-30(7,8)9)21(22)27-32(13,14)15/h18-20H,16-17H2,1-15H3/t18-,19-,20+/m0/s1. The van der Waals surface area contributed by atoms with Gasteiger partial charge in [0, 0.05) is 6.42 Å². The molecule has 0 heterocycles. The molecule has 0 aliphatic rings. The molecule has 6 nitrogen and oxygen atoms in total. The van der Waals surface area contributed by atoms with Gasteiger partial charge in [0.15, 0.2) is 33.3 Å². The highest BCUT2D eigenvalue weighted by atomic mass is 28.4. The Hall–Kier alpha value is 0.394. The molecule has 0 amide bonds. The van der Waals surface area contributed by atoms with E-state index in [0.717, 1.165) is 0 Å². The molecule has 0 rings (SSSR count). The lowest BCUT2D eigenvalue weighted by molar-refractivity contribution is -0.145. The van der Waals surface area contributed by atoms with Crippen molar-refractivity contribution in [3.05, 3.63) is 0 Å². The van der Waals surface area contributed by atoms with Crippen molar-refractivity contribution < 1.29 is 26.9 Å². The Morgan fingerprint density at radius 2 is 0.969 bits per heavy atom. The number of rotatable bonds is 14. The number of carbonyl (C=O) groups excluding carboxylic acids is 1. The van der Waals surface area contributed by atoms with Gasteiger partial charge in [-0.3, -0.25) is 4.79 Å². The molecule has 0 radical (unpaired) electrons. The molecule has 0 bridgehead atoms. The summed E-state index contributed by atoms with van der Waals surface area (Å²) in [5.41, 5.74) is 0. The Morgan fingerprint density at radius 3 is 1.31 bits per heavy atom. The van der Waals surface area contributed by atoms with Gasteiger partial charge >= 0.3 is 5.97 Å². The molecule has 192 valence electrons. The zero-order valence-corrected chi connectivity index (χ0v) is 28.6. The molecule has 0 aliphatic heterocycles. The average Bonchev–Trinajstić information content (AvgIpc) is 2.43. The molecule has 11 heteroatoms. The average molecular weight is 541 g/mol. The van der Waals surface area contributed by atoms with Crippen molar-refractivity contribution in [2.45, 2.75) is 123 Å². The number of hydrogen-bond donors (Lipinski definition) is 0. The lowest BCUT2D eigenvalue weighted by Crippen LogP contribution is -2.51. The molecule has 0 aromatic carbocycles. The van der Waals surface area contributed by atoms with Crippen LogP contribution in [0.3, 0.4) is 0 Å². The molecule has 0 aromatic heterocycles. The van der Waals surface area contributed by atoms with Gasteiger partial charge in [-0.15, -0.1) is 0 Å². The summed E-state index contributed by atoms with van der Waals surface area (Å²) in [7, 11) is -9.63. The first-order valence-corrected chi connectivity index (χ1v) is 28.8. The van der Waals surface area contributed by atoms with Crippen LogP contribution in [0.1, 0.15) is 6.42 Å². The van der Waals surface area contributed by atoms with Gasteiger partial charge < -0.3 is 22.1 Å². The van der Waals surface area contributed by atoms with Crippen molar-refractivity contribution >= 4 is 47.6 Å². The van der Waals surface area contributed by atoms with Gasteiger partial charge in [0.2, 0.25) is 8.32 Å². The summed E-state index contributed by atoms with van der Waals surface area (Å²) >= 11 is 0. The van der Waals surface area contributed by atoms with Crippen LogP contribution in [-0.2, 0) is 26.9 Å². The summed E-state index contributed by atoms with van der Waals surface area (Å²) in [5, 5.41) is 0. The molecular formula is C21H52O6Si5. The molecular weight excluding hydrogens is 489 g/mol. The van der Waals surface area contributed by atoms with Crippen LogP contribution < -0.4 is 0 Å². The lowest BCUT2D eigenvalue weighted by Gasteiger charge is -2.39. The second-order valence-corrected chi connectivity index (χ2v) is 35.8. The molecule has 32 heavy (non-hydrogen) atoms. The van der Waals surface area contributed by atoms with Gasteiger partial charge in [-0.25, -0.2) is 0 Å². The van der Waals surface area contributed by atoms with Crippen LogP contribution in [0.5, 0.6) is 0 Å². The normalized spacial score (nSPS) is 17.1. The Bertz CT molecular complexity index is 582. The van der Waals surface area contributed by atoms with Crippen molar-refractivity contribution in [1.82, 2.24) is 0 Å². The predicted molar refractivity (Wildman–Crippen MR) is 148 cm³/mol. The van der Waals surface area contributed by atoms with Gasteiger partial charge in [-0.05, 0) is 98.2 Å². The molecule has 0 unspecified atom stereocenters. The van der Waals surface area contributed by atoms with Crippen molar-refractivity contribution in [1.29, 1.82) is 0 Å². The second-order valence-electron chi connectivity index (χ2n) is 13.4. The topological polar surface area (TPSA) is 63.2 Å². The minimum atomic E-state index is -2.05. The molecule has 0 spiro atoms. The highest BCUT2D eigenvalue weighted by Gasteiger charge is 2.39. The van der Waals surface area contributed by atoms with Crippen LogP contribution in [-0.4, -0.2) is 72.5 Å². The van der Waals surface area contributed by atoms with Crippen LogP contribution in [0.4, 0.5) is 0 Å². The maximum Gasteiger partial charge on any atom is 0.320 e. The monoisotopic (exact) mass is 540 g/mol. The minimum Gasteiger partial charge on any atom is -0.518 e.